The van der Waals surface area contributed by atoms with Gasteiger partial charge in [-0.2, -0.15) is 0 Å². The number of halogens is 2. The van der Waals surface area contributed by atoms with Crippen LogP contribution in [0.1, 0.15) is 0 Å². The molecule has 0 heterocycles. The molecule has 0 N–H and O–H groups in total. The van der Waals surface area contributed by atoms with Crippen molar-refractivity contribution in [2.75, 3.05) is 0 Å². The Bertz CT molecular complexity index is 53.0. The first-order valence-electron chi connectivity index (χ1n) is 2.08. The minimum Gasteiger partial charge on any atom is -0.228 e. The SMILES string of the molecule is [2H]B([B][3H])P(F)I. The van der Waals surface area contributed by atoms with E-state index in [0.717, 1.165) is 7.70 Å². The van der Waals surface area contributed by atoms with Crippen LogP contribution in [0.5, 0.6) is 0 Å². The minimum absolute atomic E-state index is 0.804. The Balaban J connectivity index is 3.14. The maximum atomic E-state index is 11.8. The fourth-order valence-corrected chi connectivity index (χ4v) is 0. The molecule has 0 saturated carbocycles. The molecule has 0 amide bonds. The van der Waals surface area contributed by atoms with Gasteiger partial charge >= 0.3 is 0 Å². The zero-order chi connectivity index (χ0) is 5.86. The summed E-state index contributed by atoms with van der Waals surface area (Å²) in [5.74, 6) is -1.77. The standard InChI is InChI=1S/B2FH2IP/c1-2-5(3)4/h1-2H/i1T,2D. The second-order valence-corrected chi connectivity index (χ2v) is 3.99. The predicted octanol–water partition coefficient (Wildman–Crippen LogP) is 0.870. The number of hydrogen-bond acceptors (Lipinski definition) is 0. The van der Waals surface area contributed by atoms with Crippen molar-refractivity contribution in [1.29, 1.82) is 2.67 Å². The van der Waals surface area contributed by atoms with Crippen LogP contribution < -0.4 is 0 Å². The molecule has 0 spiro atoms. The molecular weight excluding hydrogens is 198 g/mol. The third kappa shape index (κ3) is 5.22. The fourth-order valence-electron chi connectivity index (χ4n) is 0. The Kier molecular flexibility index (Phi) is 2.22. The molecule has 0 aliphatic carbocycles. The third-order valence-corrected chi connectivity index (χ3v) is 1.30. The van der Waals surface area contributed by atoms with Crippen molar-refractivity contribution in [1.82, 2.24) is 0 Å². The lowest BCUT2D eigenvalue weighted by atomic mass is 9.79. The van der Waals surface area contributed by atoms with Crippen LogP contribution in [0.15, 0.2) is 0 Å². The topological polar surface area (TPSA) is 0 Å². The first-order valence-corrected chi connectivity index (χ1v) is 5.02. The van der Waals surface area contributed by atoms with E-state index in [9.17, 15) is 4.20 Å². The quantitative estimate of drug-likeness (QED) is 0.355. The summed E-state index contributed by atoms with van der Waals surface area (Å²) < 4.78 is 24.9. The van der Waals surface area contributed by atoms with Crippen molar-refractivity contribution in [2.45, 2.75) is 0 Å². The molecule has 0 aromatic carbocycles. The van der Waals surface area contributed by atoms with Crippen molar-refractivity contribution in [2.24, 2.45) is 0 Å². The van der Waals surface area contributed by atoms with Gasteiger partial charge in [0.1, 0.15) is 0 Å². The largest absolute Gasteiger partial charge is 0.228 e. The molecule has 1 atom stereocenters. The van der Waals surface area contributed by atoms with E-state index in [1.807, 2.05) is 0 Å². The van der Waals surface area contributed by atoms with Gasteiger partial charge in [-0.05, 0) is 24.7 Å². The van der Waals surface area contributed by atoms with Gasteiger partial charge in [-0.3, -0.25) is 0 Å². The lowest BCUT2D eigenvalue weighted by Crippen LogP contribution is -1.71. The van der Waals surface area contributed by atoms with Crippen molar-refractivity contribution in [3.05, 3.63) is 0 Å². The summed E-state index contributed by atoms with van der Waals surface area (Å²) in [6.45, 7) is -0.921. The fraction of sp³-hybridized carbons (Fsp3) is 0. The molecule has 5 heavy (non-hydrogen) atoms. The van der Waals surface area contributed by atoms with Crippen LogP contribution in [-0.4, -0.2) is 17.2 Å². The number of hydrogen-bond donors (Lipinski definition) is 0. The maximum absolute atomic E-state index is 11.8. The molecule has 0 nitrogen and oxygen atoms in total. The van der Waals surface area contributed by atoms with Crippen molar-refractivity contribution < 1.29 is 4.20 Å². The van der Waals surface area contributed by atoms with Crippen LogP contribution in [0.25, 0.3) is 0 Å². The molecule has 0 saturated heterocycles. The van der Waals surface area contributed by atoms with Crippen LogP contribution in [0.4, 0.5) is 4.20 Å². The molecule has 0 bridgehead atoms. The van der Waals surface area contributed by atoms with Gasteiger partial charge in [0.05, 0.1) is 13.5 Å². The van der Waals surface area contributed by atoms with Crippen LogP contribution in [0.2, 0.25) is 0 Å². The van der Waals surface area contributed by atoms with Crippen LogP contribution in [-0.2, 0) is 0 Å². The lowest BCUT2D eigenvalue weighted by Gasteiger charge is -1.81. The minimum atomic E-state index is -1.77. The van der Waals surface area contributed by atoms with Gasteiger partial charge in [0.15, 0.2) is 6.85 Å². The highest BCUT2D eigenvalue weighted by atomic mass is 127. The van der Waals surface area contributed by atoms with Crippen molar-refractivity contribution in [3.8, 4) is 0 Å². The Labute approximate surface area is 49.6 Å². The monoisotopic (exact) mass is 204 g/mol. The third-order valence-electron chi connectivity index (χ3n) is 0.113. The van der Waals surface area contributed by atoms with E-state index in [0.29, 0.717) is 0 Å². The molecule has 5 heteroatoms. The molecule has 0 aromatic heterocycles. The Morgan fingerprint density at radius 3 is 3.40 bits per heavy atom. The molecule has 0 aliphatic rings. The molecule has 27 valence electrons. The van der Waals surface area contributed by atoms with Gasteiger partial charge in [-0.25, -0.2) is 4.20 Å². The Morgan fingerprint density at radius 2 is 3.40 bits per heavy atom. The summed E-state index contributed by atoms with van der Waals surface area (Å²) in [6.07, 6.45) is 0. The van der Waals surface area contributed by atoms with Crippen LogP contribution in [0.3, 0.4) is 0 Å². The van der Waals surface area contributed by atoms with Gasteiger partial charge in [0.2, 0.25) is 0 Å². The van der Waals surface area contributed by atoms with E-state index < -0.39 is 12.6 Å². The number of rotatable bonds is 2. The van der Waals surface area contributed by atoms with Gasteiger partial charge in [0.25, 0.3) is 0 Å². The van der Waals surface area contributed by atoms with E-state index in [2.05, 4.69) is 0 Å². The van der Waals surface area contributed by atoms with Gasteiger partial charge in [-0.15, -0.1) is 0 Å². The first kappa shape index (κ1) is 3.25. The summed E-state index contributed by atoms with van der Waals surface area (Å²) in [4.78, 5) is 0. The van der Waals surface area contributed by atoms with E-state index in [1.54, 1.807) is 0 Å². The van der Waals surface area contributed by atoms with E-state index >= 15 is 0 Å². The summed E-state index contributed by atoms with van der Waals surface area (Å²) >= 11 is 1.53. The van der Waals surface area contributed by atoms with E-state index in [4.69, 9.17) is 2.67 Å². The summed E-state index contributed by atoms with van der Waals surface area (Å²) in [6, 6.07) is 0. The molecular formula is H2B2FIP. The molecule has 1 unspecified atom stereocenters. The molecule has 0 rings (SSSR count). The second-order valence-electron chi connectivity index (χ2n) is 0.408. The highest BCUT2D eigenvalue weighted by Gasteiger charge is 1.91. The highest BCUT2D eigenvalue weighted by molar-refractivity contribution is 14.2. The average Bonchev–Trinajstić information content (AvgIpc) is 1.65. The maximum Gasteiger partial charge on any atom is 0.163 e. The van der Waals surface area contributed by atoms with Crippen LogP contribution >= 0.6 is 27.8 Å². The van der Waals surface area contributed by atoms with Gasteiger partial charge in [0, 0.05) is 0 Å². The molecule has 0 fully saturated rings. The van der Waals surface area contributed by atoms with Crippen molar-refractivity contribution >= 4 is 42.3 Å². The summed E-state index contributed by atoms with van der Waals surface area (Å²) in [5.41, 5.74) is 0. The zero-order valence-corrected chi connectivity index (χ0v) is 5.41. The zero-order valence-electron chi connectivity index (χ0n) is 4.36. The van der Waals surface area contributed by atoms with Gasteiger partial charge in [-0.1, -0.05) is 0 Å². The molecule has 0 aliphatic heterocycles. The Hall–Kier alpha value is 1.22. The highest BCUT2D eigenvalue weighted by Crippen LogP contribution is 2.42. The normalized spacial score (nSPS) is 18.8. The van der Waals surface area contributed by atoms with E-state index in [1.165, 1.54) is 22.0 Å². The lowest BCUT2D eigenvalue weighted by molar-refractivity contribution is 0.932. The van der Waals surface area contributed by atoms with E-state index in [-0.39, 0.29) is 0 Å². The summed E-state index contributed by atoms with van der Waals surface area (Å²) in [7, 11) is 0.804. The Morgan fingerprint density at radius 1 is 2.80 bits per heavy atom. The summed E-state index contributed by atoms with van der Waals surface area (Å²) in [5, 5.41) is 0. The molecule has 1 radical (unpaired) electrons. The first-order chi connectivity index (χ1) is 3.18. The van der Waals surface area contributed by atoms with Crippen molar-refractivity contribution in [3.63, 3.8) is 0 Å². The smallest absolute Gasteiger partial charge is 0.163 e. The second kappa shape index (κ2) is 3.41. The van der Waals surface area contributed by atoms with Gasteiger partial charge < -0.3 is 0 Å². The molecule has 0 aromatic rings. The van der Waals surface area contributed by atoms with Crippen LogP contribution in [0, 0.1) is 0 Å². The predicted molar refractivity (Wildman–Crippen MR) is 36.3 cm³/mol. The average molecular weight is 204 g/mol.